The summed E-state index contributed by atoms with van der Waals surface area (Å²) in [6.07, 6.45) is 0. The van der Waals surface area contributed by atoms with Gasteiger partial charge in [0.25, 0.3) is 0 Å². The minimum Gasteiger partial charge on any atom is -0.309 e. The molecular formula is C49H38N4. The summed E-state index contributed by atoms with van der Waals surface area (Å²) in [6, 6.07) is 56.1. The van der Waals surface area contributed by atoms with Gasteiger partial charge in [0.15, 0.2) is 17.5 Å². The van der Waals surface area contributed by atoms with Gasteiger partial charge >= 0.3 is 0 Å². The average molecular weight is 683 g/mol. The van der Waals surface area contributed by atoms with Crippen LogP contribution in [-0.2, 0) is 10.8 Å². The highest BCUT2D eigenvalue weighted by atomic mass is 15.0. The van der Waals surface area contributed by atoms with Crippen molar-refractivity contribution >= 4 is 32.6 Å². The van der Waals surface area contributed by atoms with Crippen LogP contribution in [-0.4, -0.2) is 19.5 Å². The first-order valence-corrected chi connectivity index (χ1v) is 18.4. The monoisotopic (exact) mass is 682 g/mol. The van der Waals surface area contributed by atoms with Crippen LogP contribution < -0.4 is 0 Å². The molecule has 10 rings (SSSR count). The van der Waals surface area contributed by atoms with Gasteiger partial charge in [-0.2, -0.15) is 0 Å². The zero-order valence-corrected chi connectivity index (χ0v) is 30.3. The fourth-order valence-electron chi connectivity index (χ4n) is 8.66. The zero-order valence-electron chi connectivity index (χ0n) is 30.3. The van der Waals surface area contributed by atoms with Gasteiger partial charge in [0, 0.05) is 38.6 Å². The largest absolute Gasteiger partial charge is 0.309 e. The third kappa shape index (κ3) is 4.65. The number of benzene rings is 7. The number of hydrogen-bond acceptors (Lipinski definition) is 3. The maximum Gasteiger partial charge on any atom is 0.164 e. The van der Waals surface area contributed by atoms with Crippen molar-refractivity contribution in [2.45, 2.75) is 38.5 Å². The van der Waals surface area contributed by atoms with Crippen LogP contribution in [0.3, 0.4) is 0 Å². The molecular weight excluding hydrogens is 645 g/mol. The lowest BCUT2D eigenvalue weighted by atomic mass is 9.55. The fourth-order valence-corrected chi connectivity index (χ4v) is 8.66. The highest BCUT2D eigenvalue weighted by molar-refractivity contribution is 6.23. The van der Waals surface area contributed by atoms with Crippen molar-refractivity contribution in [2.75, 3.05) is 0 Å². The molecule has 53 heavy (non-hydrogen) atoms. The van der Waals surface area contributed by atoms with Crippen molar-refractivity contribution in [2.24, 2.45) is 0 Å². The van der Waals surface area contributed by atoms with E-state index in [0.29, 0.717) is 17.5 Å². The standard InChI is InChI=1S/C49H38N4/c1-48(2)39-25-14-13-24-37(39)38-27-29-41-43(44(38)49(48,3)4)42-36-23-12-11-16-31(36)26-28-40(42)53(41)35-22-15-21-34(30-35)47-51-45(32-17-7-5-8-18-32)50-46(52-47)33-19-9-6-10-20-33/h5-30H,1-4H3. The second kappa shape index (κ2) is 11.6. The Bertz CT molecular complexity index is 2820. The van der Waals surface area contributed by atoms with E-state index in [0.717, 1.165) is 22.4 Å². The lowest BCUT2D eigenvalue weighted by molar-refractivity contribution is 0.301. The molecule has 0 amide bonds. The lowest BCUT2D eigenvalue weighted by Gasteiger charge is -2.48. The SMILES string of the molecule is CC1(C)c2ccccc2-c2ccc3c(c2C1(C)C)c1c2ccccc2ccc1n3-c1cccc(-c2nc(-c3ccccc3)nc(-c3ccccc3)n2)c1. The van der Waals surface area contributed by atoms with Crippen molar-refractivity contribution in [1.29, 1.82) is 0 Å². The van der Waals surface area contributed by atoms with Gasteiger partial charge in [0.05, 0.1) is 11.0 Å². The number of rotatable bonds is 4. The Labute approximate surface area is 309 Å². The van der Waals surface area contributed by atoms with E-state index < -0.39 is 0 Å². The average Bonchev–Trinajstić information content (AvgIpc) is 3.55. The quantitative estimate of drug-likeness (QED) is 0.186. The molecule has 4 heteroatoms. The van der Waals surface area contributed by atoms with E-state index >= 15 is 0 Å². The molecule has 4 nitrogen and oxygen atoms in total. The molecule has 0 unspecified atom stereocenters. The third-order valence-corrected chi connectivity index (χ3v) is 12.0. The second-order valence-electron chi connectivity index (χ2n) is 15.3. The molecule has 1 aliphatic carbocycles. The van der Waals surface area contributed by atoms with Gasteiger partial charge < -0.3 is 4.57 Å². The lowest BCUT2D eigenvalue weighted by Crippen LogP contribution is -2.43. The van der Waals surface area contributed by atoms with E-state index in [4.69, 9.17) is 15.0 Å². The smallest absolute Gasteiger partial charge is 0.164 e. The maximum atomic E-state index is 5.07. The Kier molecular flexibility index (Phi) is 6.84. The predicted molar refractivity (Wildman–Crippen MR) is 219 cm³/mol. The highest BCUT2D eigenvalue weighted by Crippen LogP contribution is 2.57. The van der Waals surface area contributed by atoms with E-state index in [1.165, 1.54) is 54.8 Å². The van der Waals surface area contributed by atoms with E-state index in [2.05, 4.69) is 154 Å². The molecule has 2 aromatic heterocycles. The minimum absolute atomic E-state index is 0.102. The van der Waals surface area contributed by atoms with Crippen molar-refractivity contribution in [3.05, 3.63) is 169 Å². The van der Waals surface area contributed by atoms with Gasteiger partial charge in [-0.1, -0.05) is 161 Å². The van der Waals surface area contributed by atoms with Gasteiger partial charge in [-0.3, -0.25) is 0 Å². The summed E-state index contributed by atoms with van der Waals surface area (Å²) in [5.41, 5.74) is 11.5. The summed E-state index contributed by atoms with van der Waals surface area (Å²) < 4.78 is 2.45. The Morgan fingerprint density at radius 2 is 1.00 bits per heavy atom. The Morgan fingerprint density at radius 3 is 1.72 bits per heavy atom. The molecule has 0 radical (unpaired) electrons. The molecule has 7 aromatic carbocycles. The van der Waals surface area contributed by atoms with Crippen LogP contribution in [0.5, 0.6) is 0 Å². The molecule has 2 heterocycles. The van der Waals surface area contributed by atoms with E-state index in [-0.39, 0.29) is 10.8 Å². The van der Waals surface area contributed by atoms with Gasteiger partial charge in [0.1, 0.15) is 0 Å². The third-order valence-electron chi connectivity index (χ3n) is 12.0. The molecule has 0 fully saturated rings. The summed E-state index contributed by atoms with van der Waals surface area (Å²) >= 11 is 0. The molecule has 0 saturated heterocycles. The minimum atomic E-state index is -0.166. The Morgan fingerprint density at radius 1 is 0.434 bits per heavy atom. The number of aromatic nitrogens is 4. The topological polar surface area (TPSA) is 43.6 Å². The van der Waals surface area contributed by atoms with Crippen LogP contribution in [0, 0.1) is 0 Å². The zero-order chi connectivity index (χ0) is 35.9. The first kappa shape index (κ1) is 31.4. The predicted octanol–water partition coefficient (Wildman–Crippen LogP) is 12.4. The van der Waals surface area contributed by atoms with E-state index in [1.54, 1.807) is 0 Å². The van der Waals surface area contributed by atoms with E-state index in [1.807, 2.05) is 36.4 Å². The molecule has 9 aromatic rings. The van der Waals surface area contributed by atoms with Crippen molar-refractivity contribution in [1.82, 2.24) is 19.5 Å². The van der Waals surface area contributed by atoms with Crippen molar-refractivity contribution in [3.63, 3.8) is 0 Å². The summed E-state index contributed by atoms with van der Waals surface area (Å²) in [5, 5.41) is 5.13. The molecule has 0 atom stereocenters. The van der Waals surface area contributed by atoms with Gasteiger partial charge in [-0.05, 0) is 62.7 Å². The van der Waals surface area contributed by atoms with E-state index in [9.17, 15) is 0 Å². The van der Waals surface area contributed by atoms with Crippen LogP contribution in [0.1, 0.15) is 38.8 Å². The van der Waals surface area contributed by atoms with Gasteiger partial charge in [0.2, 0.25) is 0 Å². The summed E-state index contributed by atoms with van der Waals surface area (Å²) in [5.74, 6) is 1.95. The van der Waals surface area contributed by atoms with Crippen LogP contribution in [0.25, 0.3) is 83.6 Å². The molecule has 254 valence electrons. The number of nitrogens with zero attached hydrogens (tertiary/aromatic N) is 4. The second-order valence-corrected chi connectivity index (χ2v) is 15.3. The summed E-state index contributed by atoms with van der Waals surface area (Å²) in [6.45, 7) is 9.70. The molecule has 0 N–H and O–H groups in total. The molecule has 0 bridgehead atoms. The Hall–Kier alpha value is -6.39. The molecule has 0 spiro atoms. The summed E-state index contributed by atoms with van der Waals surface area (Å²) in [7, 11) is 0. The van der Waals surface area contributed by atoms with Gasteiger partial charge in [-0.25, -0.2) is 15.0 Å². The summed E-state index contributed by atoms with van der Waals surface area (Å²) in [4.78, 5) is 15.1. The normalized spacial score (nSPS) is 14.3. The van der Waals surface area contributed by atoms with Crippen LogP contribution in [0.2, 0.25) is 0 Å². The van der Waals surface area contributed by atoms with Crippen LogP contribution in [0.4, 0.5) is 0 Å². The first-order valence-electron chi connectivity index (χ1n) is 18.4. The van der Waals surface area contributed by atoms with Crippen LogP contribution >= 0.6 is 0 Å². The van der Waals surface area contributed by atoms with Crippen molar-refractivity contribution < 1.29 is 0 Å². The molecule has 0 saturated carbocycles. The number of fused-ring (bicyclic) bond motifs is 9. The van der Waals surface area contributed by atoms with Crippen molar-refractivity contribution in [3.8, 4) is 51.0 Å². The van der Waals surface area contributed by atoms with Crippen LogP contribution in [0.15, 0.2) is 158 Å². The molecule has 0 aliphatic heterocycles. The molecule has 1 aliphatic rings. The highest BCUT2D eigenvalue weighted by Gasteiger charge is 2.47. The first-order chi connectivity index (χ1) is 25.8. The number of hydrogen-bond donors (Lipinski definition) is 0. The van der Waals surface area contributed by atoms with Gasteiger partial charge in [-0.15, -0.1) is 0 Å². The maximum absolute atomic E-state index is 5.07. The fraction of sp³-hybridized carbons (Fsp3) is 0.122. The Balaban J connectivity index is 1.26.